The highest BCUT2D eigenvalue weighted by Gasteiger charge is 2.34. The van der Waals surface area contributed by atoms with E-state index in [2.05, 4.69) is 10.1 Å². The number of hydrogen-bond acceptors (Lipinski definition) is 5. The number of fused-ring (bicyclic) bond motifs is 1. The Labute approximate surface area is 107 Å². The molecule has 7 heteroatoms. The van der Waals surface area contributed by atoms with Crippen LogP contribution in [-0.4, -0.2) is 27.0 Å². The number of thioether (sulfide) groups is 1. The highest BCUT2D eigenvalue weighted by molar-refractivity contribution is 8.26. The summed E-state index contributed by atoms with van der Waals surface area (Å²) in [6, 6.07) is 3.42. The lowest BCUT2D eigenvalue weighted by atomic mass is 10.1. The van der Waals surface area contributed by atoms with Gasteiger partial charge in [-0.2, -0.15) is 15.1 Å². The summed E-state index contributed by atoms with van der Waals surface area (Å²) in [6.07, 6.45) is 3.00. The highest BCUT2D eigenvalue weighted by Crippen LogP contribution is 2.27. The molecule has 1 aromatic rings. The lowest BCUT2D eigenvalue weighted by Crippen LogP contribution is -2.35. The zero-order valence-electron chi connectivity index (χ0n) is 9.38. The van der Waals surface area contributed by atoms with E-state index in [1.807, 2.05) is 0 Å². The number of amidine groups is 2. The van der Waals surface area contributed by atoms with Crippen LogP contribution in [0.4, 0.5) is 0 Å². The van der Waals surface area contributed by atoms with Crippen LogP contribution < -0.4 is 0 Å². The van der Waals surface area contributed by atoms with Gasteiger partial charge in [-0.3, -0.25) is 10.2 Å². The summed E-state index contributed by atoms with van der Waals surface area (Å²) < 4.78 is 5.13. The molecule has 1 aromatic heterocycles. The Bertz CT molecular complexity index is 627. The quantitative estimate of drug-likeness (QED) is 0.782. The number of hydrogen-bond donors (Lipinski definition) is 1. The number of nitrogens with zero attached hydrogens (tertiary/aromatic N) is 3. The fourth-order valence-electron chi connectivity index (χ4n) is 1.60. The van der Waals surface area contributed by atoms with Gasteiger partial charge in [-0.25, -0.2) is 0 Å². The van der Waals surface area contributed by atoms with Gasteiger partial charge in [0.15, 0.2) is 5.84 Å². The molecule has 2 aliphatic heterocycles. The number of rotatable bonds is 1. The first-order valence-electron chi connectivity index (χ1n) is 5.15. The predicted molar refractivity (Wildman–Crippen MR) is 69.4 cm³/mol. The minimum atomic E-state index is -0.444. The fourth-order valence-corrected chi connectivity index (χ4v) is 2.34. The molecule has 90 valence electrons. The molecule has 1 N–H and O–H groups in total. The number of aliphatic imine (C=N–C) groups is 1. The van der Waals surface area contributed by atoms with Crippen LogP contribution in [0.15, 0.2) is 38.5 Å². The van der Waals surface area contributed by atoms with Crippen LogP contribution in [0.1, 0.15) is 12.7 Å². The molecular formula is C11H8N4O2S. The zero-order valence-corrected chi connectivity index (χ0v) is 10.2. The van der Waals surface area contributed by atoms with E-state index in [4.69, 9.17) is 9.83 Å². The van der Waals surface area contributed by atoms with Crippen LogP contribution in [-0.2, 0) is 4.79 Å². The molecule has 0 atom stereocenters. The van der Waals surface area contributed by atoms with Crippen molar-refractivity contribution in [2.24, 2.45) is 10.1 Å². The van der Waals surface area contributed by atoms with Crippen LogP contribution in [0.25, 0.3) is 6.08 Å². The monoisotopic (exact) mass is 260 g/mol. The van der Waals surface area contributed by atoms with Crippen molar-refractivity contribution in [2.45, 2.75) is 6.92 Å². The van der Waals surface area contributed by atoms with Gasteiger partial charge in [0, 0.05) is 0 Å². The van der Waals surface area contributed by atoms with Gasteiger partial charge in [-0.15, -0.1) is 0 Å². The molecule has 0 bridgehead atoms. The van der Waals surface area contributed by atoms with Crippen LogP contribution in [0.2, 0.25) is 0 Å². The molecule has 0 saturated heterocycles. The van der Waals surface area contributed by atoms with Gasteiger partial charge in [0.2, 0.25) is 5.17 Å². The molecule has 2 aliphatic rings. The number of hydrazone groups is 1. The summed E-state index contributed by atoms with van der Waals surface area (Å²) in [7, 11) is 0. The number of amides is 1. The molecule has 0 saturated carbocycles. The minimum Gasteiger partial charge on any atom is -0.465 e. The maximum atomic E-state index is 11.9. The Morgan fingerprint density at radius 1 is 1.56 bits per heavy atom. The van der Waals surface area contributed by atoms with Crippen molar-refractivity contribution in [1.82, 2.24) is 5.01 Å². The van der Waals surface area contributed by atoms with Crippen LogP contribution in [0, 0.1) is 5.41 Å². The lowest BCUT2D eigenvalue weighted by Gasteiger charge is -2.19. The number of carbonyl (C=O) groups excluding carboxylic acids is 1. The summed E-state index contributed by atoms with van der Waals surface area (Å²) in [5, 5.41) is 14.7. The molecule has 0 aliphatic carbocycles. The third-order valence-corrected chi connectivity index (χ3v) is 3.21. The van der Waals surface area contributed by atoms with E-state index in [-0.39, 0.29) is 11.4 Å². The van der Waals surface area contributed by atoms with Crippen LogP contribution in [0.3, 0.4) is 0 Å². The Morgan fingerprint density at radius 2 is 2.39 bits per heavy atom. The predicted octanol–water partition coefficient (Wildman–Crippen LogP) is 1.92. The average molecular weight is 260 g/mol. The van der Waals surface area contributed by atoms with Gasteiger partial charge in [0.25, 0.3) is 5.91 Å². The van der Waals surface area contributed by atoms with Crippen molar-refractivity contribution in [3.63, 3.8) is 0 Å². The average Bonchev–Trinajstić information content (AvgIpc) is 2.93. The summed E-state index contributed by atoms with van der Waals surface area (Å²) >= 11 is 1.28. The Hall–Kier alpha value is -2.15. The van der Waals surface area contributed by atoms with E-state index < -0.39 is 5.91 Å². The molecule has 0 aromatic carbocycles. The van der Waals surface area contributed by atoms with Crippen LogP contribution in [0.5, 0.6) is 0 Å². The number of nitrogens with one attached hydrogen (secondary N) is 1. The van der Waals surface area contributed by atoms with E-state index in [1.54, 1.807) is 19.1 Å². The van der Waals surface area contributed by atoms with E-state index in [1.165, 1.54) is 29.1 Å². The van der Waals surface area contributed by atoms with Crippen molar-refractivity contribution < 1.29 is 9.21 Å². The minimum absolute atomic E-state index is 0.0192. The van der Waals surface area contributed by atoms with Crippen molar-refractivity contribution >= 4 is 39.8 Å². The standard InChI is InChI=1S/C11H8N4O2S/c1-6-14-15-9(12)8(5-7-3-2-4-17-7)10(16)13-11(15)18-6/h2-5,12H,1H3/b8-5-,12-9?. The summed E-state index contributed by atoms with van der Waals surface area (Å²) in [5.41, 5.74) is 0.174. The van der Waals surface area contributed by atoms with Gasteiger partial charge in [0.1, 0.15) is 5.76 Å². The van der Waals surface area contributed by atoms with Crippen molar-refractivity contribution in [3.05, 3.63) is 29.7 Å². The van der Waals surface area contributed by atoms with Crippen molar-refractivity contribution in [3.8, 4) is 0 Å². The molecule has 0 spiro atoms. The van der Waals surface area contributed by atoms with Gasteiger partial charge in [0.05, 0.1) is 16.9 Å². The van der Waals surface area contributed by atoms with E-state index in [0.717, 1.165) is 5.04 Å². The molecule has 0 unspecified atom stereocenters. The van der Waals surface area contributed by atoms with Gasteiger partial charge >= 0.3 is 0 Å². The lowest BCUT2D eigenvalue weighted by molar-refractivity contribution is -0.114. The summed E-state index contributed by atoms with van der Waals surface area (Å²) in [6.45, 7) is 1.80. The Kier molecular flexibility index (Phi) is 2.41. The third-order valence-electron chi connectivity index (χ3n) is 2.39. The van der Waals surface area contributed by atoms with Crippen molar-refractivity contribution in [1.29, 1.82) is 5.41 Å². The largest absolute Gasteiger partial charge is 0.465 e. The fraction of sp³-hybridized carbons (Fsp3) is 0.0909. The normalized spacial score (nSPS) is 21.2. The number of furan rings is 1. The SMILES string of the molecule is CC1=NN2C(=N)/C(=C/c3ccco3)C(=O)N=C2S1. The smallest absolute Gasteiger partial charge is 0.283 e. The first kappa shape index (κ1) is 11.0. The summed E-state index contributed by atoms with van der Waals surface area (Å²) in [4.78, 5) is 15.8. The molecule has 3 rings (SSSR count). The van der Waals surface area contributed by atoms with E-state index >= 15 is 0 Å². The molecule has 6 nitrogen and oxygen atoms in total. The van der Waals surface area contributed by atoms with Gasteiger partial charge in [-0.05, 0) is 36.9 Å². The second-order valence-corrected chi connectivity index (χ2v) is 4.81. The van der Waals surface area contributed by atoms with E-state index in [0.29, 0.717) is 10.9 Å². The molecule has 1 amide bonds. The topological polar surface area (TPSA) is 82.0 Å². The third kappa shape index (κ3) is 1.68. The highest BCUT2D eigenvalue weighted by atomic mass is 32.2. The maximum absolute atomic E-state index is 11.9. The first-order chi connectivity index (χ1) is 8.65. The molecule has 0 fully saturated rings. The molecule has 18 heavy (non-hydrogen) atoms. The Balaban J connectivity index is 2.04. The molecular weight excluding hydrogens is 252 g/mol. The number of carbonyl (C=O) groups is 1. The van der Waals surface area contributed by atoms with Crippen molar-refractivity contribution in [2.75, 3.05) is 0 Å². The molecule has 3 heterocycles. The maximum Gasteiger partial charge on any atom is 0.283 e. The van der Waals surface area contributed by atoms with E-state index in [9.17, 15) is 4.79 Å². The zero-order chi connectivity index (χ0) is 12.7. The Morgan fingerprint density at radius 3 is 3.11 bits per heavy atom. The first-order valence-corrected chi connectivity index (χ1v) is 5.97. The second kappa shape index (κ2) is 3.95. The second-order valence-electron chi connectivity index (χ2n) is 3.65. The van der Waals surface area contributed by atoms with Gasteiger partial charge < -0.3 is 4.42 Å². The molecule has 0 radical (unpaired) electrons. The van der Waals surface area contributed by atoms with Gasteiger partial charge in [-0.1, -0.05) is 0 Å². The van der Waals surface area contributed by atoms with Crippen LogP contribution >= 0.6 is 11.8 Å². The summed E-state index contributed by atoms with van der Waals surface area (Å²) in [5.74, 6) is 0.0834.